The molecule has 1 aliphatic heterocycles. The fourth-order valence-electron chi connectivity index (χ4n) is 2.85. The van der Waals surface area contributed by atoms with E-state index in [1.54, 1.807) is 42.5 Å². The van der Waals surface area contributed by atoms with Crippen LogP contribution in [-0.2, 0) is 14.8 Å². The third-order valence-electron chi connectivity index (χ3n) is 4.39. The van der Waals surface area contributed by atoms with Crippen LogP contribution in [-0.4, -0.2) is 45.1 Å². The second-order valence-corrected chi connectivity index (χ2v) is 8.13. The van der Waals surface area contributed by atoms with Gasteiger partial charge in [0.25, 0.3) is 15.9 Å². The Morgan fingerprint density at radius 2 is 1.71 bits per heavy atom. The lowest BCUT2D eigenvalue weighted by Gasteiger charge is -2.26. The topological polar surface area (TPSA) is 88.1 Å². The van der Waals surface area contributed by atoms with Crippen LogP contribution in [0.3, 0.4) is 0 Å². The van der Waals surface area contributed by atoms with Gasteiger partial charge in [0.1, 0.15) is 5.75 Å². The molecular formula is C20H23N3O4S. The van der Waals surface area contributed by atoms with Crippen LogP contribution in [0.25, 0.3) is 0 Å². The molecule has 0 aliphatic carbocycles. The molecule has 0 unspecified atom stereocenters. The minimum absolute atomic E-state index is 0.000609. The van der Waals surface area contributed by atoms with Crippen LogP contribution in [0.1, 0.15) is 24.8 Å². The van der Waals surface area contributed by atoms with E-state index in [0.29, 0.717) is 11.3 Å². The number of amides is 1. The Bertz CT molecular complexity index is 906. The summed E-state index contributed by atoms with van der Waals surface area (Å²) in [6.45, 7) is 1.62. The van der Waals surface area contributed by atoms with Crippen LogP contribution in [0.15, 0.2) is 64.6 Å². The average Bonchev–Trinajstić information content (AvgIpc) is 2.74. The van der Waals surface area contributed by atoms with Crippen molar-refractivity contribution in [3.63, 3.8) is 0 Å². The number of benzene rings is 2. The van der Waals surface area contributed by atoms with Gasteiger partial charge in [0, 0.05) is 13.1 Å². The third-order valence-corrected chi connectivity index (χ3v) is 5.63. The molecule has 8 heteroatoms. The van der Waals surface area contributed by atoms with Gasteiger partial charge in [0.05, 0.1) is 11.1 Å². The summed E-state index contributed by atoms with van der Waals surface area (Å²) in [4.78, 5) is 16.3. The molecule has 0 spiro atoms. The van der Waals surface area contributed by atoms with Crippen LogP contribution < -0.4 is 9.57 Å². The fourth-order valence-corrected chi connectivity index (χ4v) is 3.66. The molecule has 1 N–H and O–H groups in total. The van der Waals surface area contributed by atoms with Gasteiger partial charge >= 0.3 is 0 Å². The van der Waals surface area contributed by atoms with Gasteiger partial charge in [-0.15, -0.1) is 0 Å². The number of likely N-dealkylation sites (tertiary alicyclic amines) is 1. The number of carbonyl (C=O) groups is 1. The molecule has 3 rings (SSSR count). The van der Waals surface area contributed by atoms with Crippen LogP contribution in [0, 0.1) is 0 Å². The van der Waals surface area contributed by atoms with Crippen molar-refractivity contribution in [1.82, 2.24) is 9.73 Å². The number of rotatable bonds is 7. The molecule has 0 radical (unpaired) electrons. The van der Waals surface area contributed by atoms with Crippen LogP contribution >= 0.6 is 0 Å². The molecule has 0 aromatic heterocycles. The maximum absolute atomic E-state index is 12.1. The van der Waals surface area contributed by atoms with E-state index in [-0.39, 0.29) is 17.4 Å². The standard InChI is InChI=1S/C20H23N3O4S/c24-20(23-13-5-2-6-14-23)16-27-18-11-9-17(10-12-18)15-21-22-28(25,26)19-7-3-1-4-8-19/h1,3-4,7-12,15,22H,2,5-6,13-14,16H2. The normalized spacial score (nSPS) is 14.8. The zero-order chi connectivity index (χ0) is 19.8. The van der Waals surface area contributed by atoms with Crippen molar-refractivity contribution in [3.05, 3.63) is 60.2 Å². The van der Waals surface area contributed by atoms with Crippen molar-refractivity contribution in [2.75, 3.05) is 19.7 Å². The van der Waals surface area contributed by atoms with Crippen molar-refractivity contribution in [3.8, 4) is 5.75 Å². The zero-order valence-corrected chi connectivity index (χ0v) is 16.3. The molecule has 0 saturated carbocycles. The lowest BCUT2D eigenvalue weighted by Crippen LogP contribution is -2.38. The highest BCUT2D eigenvalue weighted by atomic mass is 32.2. The fraction of sp³-hybridized carbons (Fsp3) is 0.300. The summed E-state index contributed by atoms with van der Waals surface area (Å²) in [7, 11) is -3.68. The minimum atomic E-state index is -3.68. The van der Waals surface area contributed by atoms with E-state index in [0.717, 1.165) is 25.9 Å². The van der Waals surface area contributed by atoms with Gasteiger partial charge in [-0.3, -0.25) is 4.79 Å². The Hall–Kier alpha value is -2.87. The summed E-state index contributed by atoms with van der Waals surface area (Å²) < 4.78 is 29.7. The molecule has 1 saturated heterocycles. The highest BCUT2D eigenvalue weighted by Gasteiger charge is 2.16. The second kappa shape index (κ2) is 9.36. The lowest BCUT2D eigenvalue weighted by molar-refractivity contribution is -0.134. The van der Waals surface area contributed by atoms with Gasteiger partial charge in [-0.1, -0.05) is 18.2 Å². The molecule has 1 fully saturated rings. The van der Waals surface area contributed by atoms with Gasteiger partial charge < -0.3 is 9.64 Å². The predicted molar refractivity (Wildman–Crippen MR) is 107 cm³/mol. The van der Waals surface area contributed by atoms with Crippen molar-refractivity contribution in [2.45, 2.75) is 24.2 Å². The SMILES string of the molecule is O=C(COc1ccc(C=NNS(=O)(=O)c2ccccc2)cc1)N1CCCCC1. The largest absolute Gasteiger partial charge is 0.484 e. The quantitative estimate of drug-likeness (QED) is 0.570. The number of piperidine rings is 1. The van der Waals surface area contributed by atoms with E-state index >= 15 is 0 Å². The molecule has 1 amide bonds. The Morgan fingerprint density at radius 1 is 1.04 bits per heavy atom. The molecule has 28 heavy (non-hydrogen) atoms. The summed E-state index contributed by atoms with van der Waals surface area (Å²) in [6.07, 6.45) is 4.68. The van der Waals surface area contributed by atoms with Gasteiger partial charge in [-0.25, -0.2) is 4.83 Å². The summed E-state index contributed by atoms with van der Waals surface area (Å²) in [5, 5.41) is 3.79. The van der Waals surface area contributed by atoms with Crippen LogP contribution in [0.2, 0.25) is 0 Å². The van der Waals surface area contributed by atoms with Crippen LogP contribution in [0.5, 0.6) is 5.75 Å². The molecule has 1 aliphatic rings. The summed E-state index contributed by atoms with van der Waals surface area (Å²) in [5.41, 5.74) is 0.700. The van der Waals surface area contributed by atoms with Gasteiger partial charge in [0.2, 0.25) is 0 Å². The first kappa shape index (κ1) is 19.9. The van der Waals surface area contributed by atoms with Gasteiger partial charge in [-0.2, -0.15) is 13.5 Å². The first-order valence-corrected chi connectivity index (χ1v) is 10.6. The molecule has 2 aromatic rings. The average molecular weight is 401 g/mol. The molecule has 148 valence electrons. The van der Waals surface area contributed by atoms with Crippen molar-refractivity contribution >= 4 is 22.1 Å². The minimum Gasteiger partial charge on any atom is -0.484 e. The first-order chi connectivity index (χ1) is 13.5. The Morgan fingerprint density at radius 3 is 2.39 bits per heavy atom. The van der Waals surface area contributed by atoms with E-state index in [1.807, 2.05) is 4.90 Å². The maximum atomic E-state index is 12.1. The molecule has 0 atom stereocenters. The Labute approximate surface area is 165 Å². The Kier molecular flexibility index (Phi) is 6.65. The van der Waals surface area contributed by atoms with Crippen molar-refractivity contribution < 1.29 is 17.9 Å². The van der Waals surface area contributed by atoms with Crippen LogP contribution in [0.4, 0.5) is 0 Å². The van der Waals surface area contributed by atoms with Gasteiger partial charge in [0.15, 0.2) is 6.61 Å². The molecule has 2 aromatic carbocycles. The van der Waals surface area contributed by atoms with E-state index in [1.165, 1.54) is 24.8 Å². The number of nitrogens with one attached hydrogen (secondary N) is 1. The third kappa shape index (κ3) is 5.56. The number of hydrogen-bond acceptors (Lipinski definition) is 5. The molecule has 0 bridgehead atoms. The number of sulfonamides is 1. The summed E-state index contributed by atoms with van der Waals surface area (Å²) >= 11 is 0. The van der Waals surface area contributed by atoms with Crippen molar-refractivity contribution in [2.24, 2.45) is 5.10 Å². The summed E-state index contributed by atoms with van der Waals surface area (Å²) in [5.74, 6) is 0.577. The van der Waals surface area contributed by atoms with Gasteiger partial charge in [-0.05, 0) is 61.2 Å². The van der Waals surface area contributed by atoms with Crippen molar-refractivity contribution in [1.29, 1.82) is 0 Å². The number of ether oxygens (including phenoxy) is 1. The molecule has 7 nitrogen and oxygen atoms in total. The lowest BCUT2D eigenvalue weighted by atomic mass is 10.1. The van der Waals surface area contributed by atoms with E-state index in [2.05, 4.69) is 9.93 Å². The first-order valence-electron chi connectivity index (χ1n) is 9.15. The number of nitrogens with zero attached hydrogens (tertiary/aromatic N) is 2. The highest BCUT2D eigenvalue weighted by molar-refractivity contribution is 7.89. The van der Waals surface area contributed by atoms with E-state index < -0.39 is 10.0 Å². The number of carbonyl (C=O) groups excluding carboxylic acids is 1. The van der Waals surface area contributed by atoms with E-state index in [9.17, 15) is 13.2 Å². The Balaban J connectivity index is 1.50. The highest BCUT2D eigenvalue weighted by Crippen LogP contribution is 2.13. The predicted octanol–water partition coefficient (Wildman–Crippen LogP) is 2.39. The van der Waals surface area contributed by atoms with E-state index in [4.69, 9.17) is 4.74 Å². The number of hydrazone groups is 1. The molecular weight excluding hydrogens is 378 g/mol. The monoisotopic (exact) mass is 401 g/mol. The summed E-state index contributed by atoms with van der Waals surface area (Å²) in [6, 6.07) is 14.9. The smallest absolute Gasteiger partial charge is 0.276 e. The maximum Gasteiger partial charge on any atom is 0.276 e. The zero-order valence-electron chi connectivity index (χ0n) is 15.5. The number of hydrogen-bond donors (Lipinski definition) is 1. The molecule has 1 heterocycles. The second-order valence-electron chi connectivity index (χ2n) is 6.47.